The summed E-state index contributed by atoms with van der Waals surface area (Å²) >= 11 is 0. The van der Waals surface area contributed by atoms with E-state index in [1.165, 1.54) is 13.1 Å². The summed E-state index contributed by atoms with van der Waals surface area (Å²) < 4.78 is 20.2. The smallest absolute Gasteiger partial charge is 0.270 e. The molecule has 1 aromatic carbocycles. The number of aromatic nitrogens is 3. The molecule has 0 atom stereocenters. The number of hydrogen-bond acceptors (Lipinski definition) is 6. The zero-order valence-corrected chi connectivity index (χ0v) is 15.2. The Morgan fingerprint density at radius 3 is 2.93 bits per heavy atom. The molecule has 2 aromatic heterocycles. The standard InChI is InChI=1S/C18H15FN6O4/c1-20-18(28)13-5-12(24-16-10(19)7-22-25(13)16)17(27)21-6-9-2-3-14-11(4-9)23-15(26)8-29-14/h2-5,7H,6,8H2,1H3,(H,20,28)(H,21,27)(H,23,26). The second-order valence-corrected chi connectivity index (χ2v) is 6.18. The van der Waals surface area contributed by atoms with Gasteiger partial charge in [0.1, 0.15) is 17.1 Å². The van der Waals surface area contributed by atoms with E-state index in [2.05, 4.69) is 26.0 Å². The van der Waals surface area contributed by atoms with Crippen LogP contribution in [0.15, 0.2) is 30.5 Å². The van der Waals surface area contributed by atoms with E-state index >= 15 is 0 Å². The lowest BCUT2D eigenvalue weighted by Gasteiger charge is -2.18. The van der Waals surface area contributed by atoms with Gasteiger partial charge in [-0.3, -0.25) is 14.4 Å². The molecule has 1 aliphatic rings. The van der Waals surface area contributed by atoms with Crippen LogP contribution in [0.3, 0.4) is 0 Å². The number of rotatable bonds is 4. The van der Waals surface area contributed by atoms with E-state index in [0.717, 1.165) is 10.7 Å². The van der Waals surface area contributed by atoms with Gasteiger partial charge in [-0.15, -0.1) is 0 Å². The summed E-state index contributed by atoms with van der Waals surface area (Å²) in [4.78, 5) is 40.0. The van der Waals surface area contributed by atoms with E-state index in [9.17, 15) is 18.8 Å². The maximum absolute atomic E-state index is 13.9. The first-order valence-electron chi connectivity index (χ1n) is 8.56. The molecule has 0 unspecified atom stereocenters. The van der Waals surface area contributed by atoms with Crippen molar-refractivity contribution in [2.75, 3.05) is 19.0 Å². The number of hydrogen-bond donors (Lipinski definition) is 3. The highest BCUT2D eigenvalue weighted by Gasteiger charge is 2.20. The molecular formula is C18H15FN6O4. The van der Waals surface area contributed by atoms with Gasteiger partial charge in [-0.25, -0.2) is 13.9 Å². The number of carbonyl (C=O) groups is 3. The van der Waals surface area contributed by atoms with Crippen LogP contribution in [-0.2, 0) is 11.3 Å². The first kappa shape index (κ1) is 18.3. The van der Waals surface area contributed by atoms with Crippen LogP contribution in [0, 0.1) is 5.82 Å². The fourth-order valence-electron chi connectivity index (χ4n) is 2.86. The monoisotopic (exact) mass is 398 g/mol. The molecule has 0 saturated heterocycles. The fourth-order valence-corrected chi connectivity index (χ4v) is 2.86. The SMILES string of the molecule is CNC(=O)c1cc(C(=O)NCc2ccc3c(c2)NC(=O)CO3)nc2c(F)cnn12. The van der Waals surface area contributed by atoms with Crippen LogP contribution >= 0.6 is 0 Å². The lowest BCUT2D eigenvalue weighted by molar-refractivity contribution is -0.118. The lowest BCUT2D eigenvalue weighted by Crippen LogP contribution is -2.27. The predicted molar refractivity (Wildman–Crippen MR) is 98.1 cm³/mol. The van der Waals surface area contributed by atoms with Crippen molar-refractivity contribution < 1.29 is 23.5 Å². The Balaban J connectivity index is 1.57. The van der Waals surface area contributed by atoms with E-state index in [1.807, 2.05) is 0 Å². The highest BCUT2D eigenvalue weighted by Crippen LogP contribution is 2.28. The van der Waals surface area contributed by atoms with Crippen molar-refractivity contribution in [3.05, 3.63) is 53.2 Å². The first-order chi connectivity index (χ1) is 14.0. The molecular weight excluding hydrogens is 383 g/mol. The quantitative estimate of drug-likeness (QED) is 0.587. The molecule has 3 amide bonds. The van der Waals surface area contributed by atoms with Gasteiger partial charge in [0.25, 0.3) is 17.7 Å². The zero-order valence-electron chi connectivity index (χ0n) is 15.2. The maximum Gasteiger partial charge on any atom is 0.270 e. The van der Waals surface area contributed by atoms with Crippen LogP contribution in [0.25, 0.3) is 5.65 Å². The predicted octanol–water partition coefficient (Wildman–Crippen LogP) is 0.489. The van der Waals surface area contributed by atoms with E-state index in [0.29, 0.717) is 17.0 Å². The molecule has 11 heteroatoms. The maximum atomic E-state index is 13.9. The molecule has 0 spiro atoms. The Labute approximate surface area is 163 Å². The molecule has 0 aliphatic carbocycles. The zero-order chi connectivity index (χ0) is 20.5. The molecule has 4 rings (SSSR count). The third kappa shape index (κ3) is 3.45. The minimum Gasteiger partial charge on any atom is -0.482 e. The number of carbonyl (C=O) groups excluding carboxylic acids is 3. The minimum absolute atomic E-state index is 0.0276. The summed E-state index contributed by atoms with van der Waals surface area (Å²) in [7, 11) is 1.41. The number of nitrogens with zero attached hydrogens (tertiary/aromatic N) is 3. The van der Waals surface area contributed by atoms with E-state index < -0.39 is 17.6 Å². The van der Waals surface area contributed by atoms with Gasteiger partial charge < -0.3 is 20.7 Å². The lowest BCUT2D eigenvalue weighted by atomic mass is 10.1. The van der Waals surface area contributed by atoms with Crippen molar-refractivity contribution >= 4 is 29.1 Å². The highest BCUT2D eigenvalue weighted by molar-refractivity contribution is 5.98. The number of benzene rings is 1. The molecule has 3 N–H and O–H groups in total. The Bertz CT molecular complexity index is 1160. The van der Waals surface area contributed by atoms with Crippen molar-refractivity contribution in [3.8, 4) is 5.75 Å². The van der Waals surface area contributed by atoms with E-state index in [-0.39, 0.29) is 36.1 Å². The molecule has 0 saturated carbocycles. The highest BCUT2D eigenvalue weighted by atomic mass is 19.1. The van der Waals surface area contributed by atoms with Crippen molar-refractivity contribution in [2.45, 2.75) is 6.54 Å². The topological polar surface area (TPSA) is 127 Å². The van der Waals surface area contributed by atoms with Gasteiger partial charge in [-0.05, 0) is 17.7 Å². The number of ether oxygens (including phenoxy) is 1. The number of anilines is 1. The normalized spacial score (nSPS) is 12.7. The molecule has 3 heterocycles. The summed E-state index contributed by atoms with van der Waals surface area (Å²) in [5, 5.41) is 11.5. The summed E-state index contributed by atoms with van der Waals surface area (Å²) in [5.41, 5.74) is 0.817. The summed E-state index contributed by atoms with van der Waals surface area (Å²) in [6, 6.07) is 6.33. The van der Waals surface area contributed by atoms with Crippen LogP contribution in [0.2, 0.25) is 0 Å². The van der Waals surface area contributed by atoms with Gasteiger partial charge in [-0.2, -0.15) is 5.10 Å². The number of amides is 3. The van der Waals surface area contributed by atoms with Crippen molar-refractivity contribution in [1.29, 1.82) is 0 Å². The van der Waals surface area contributed by atoms with Gasteiger partial charge in [-0.1, -0.05) is 6.07 Å². The fraction of sp³-hybridized carbons (Fsp3) is 0.167. The van der Waals surface area contributed by atoms with Crippen molar-refractivity contribution in [2.24, 2.45) is 0 Å². The van der Waals surface area contributed by atoms with Crippen LogP contribution in [0.4, 0.5) is 10.1 Å². The van der Waals surface area contributed by atoms with E-state index in [1.54, 1.807) is 18.2 Å². The number of nitrogens with one attached hydrogen (secondary N) is 3. The van der Waals surface area contributed by atoms with Crippen LogP contribution in [0.5, 0.6) is 5.75 Å². The third-order valence-corrected chi connectivity index (χ3v) is 4.25. The Morgan fingerprint density at radius 2 is 2.14 bits per heavy atom. The van der Waals surface area contributed by atoms with Gasteiger partial charge in [0.05, 0.1) is 11.9 Å². The third-order valence-electron chi connectivity index (χ3n) is 4.25. The van der Waals surface area contributed by atoms with Crippen LogP contribution < -0.4 is 20.7 Å². The molecule has 3 aromatic rings. The molecule has 0 radical (unpaired) electrons. The first-order valence-corrected chi connectivity index (χ1v) is 8.56. The summed E-state index contributed by atoms with van der Waals surface area (Å²) in [6.45, 7) is 0.0714. The van der Waals surface area contributed by atoms with Gasteiger partial charge >= 0.3 is 0 Å². The molecule has 0 fully saturated rings. The second-order valence-electron chi connectivity index (χ2n) is 6.18. The van der Waals surface area contributed by atoms with Crippen molar-refractivity contribution in [3.63, 3.8) is 0 Å². The average molecular weight is 398 g/mol. The largest absolute Gasteiger partial charge is 0.482 e. The summed E-state index contributed by atoms with van der Waals surface area (Å²) in [6.07, 6.45) is 0.917. The molecule has 1 aliphatic heterocycles. The molecule has 148 valence electrons. The summed E-state index contributed by atoms with van der Waals surface area (Å²) in [5.74, 6) is -1.62. The molecule has 10 nitrogen and oxygen atoms in total. The van der Waals surface area contributed by atoms with Crippen LogP contribution in [-0.4, -0.2) is 46.0 Å². The number of halogens is 1. The number of fused-ring (bicyclic) bond motifs is 2. The molecule has 29 heavy (non-hydrogen) atoms. The Kier molecular flexibility index (Phi) is 4.55. The van der Waals surface area contributed by atoms with E-state index in [4.69, 9.17) is 4.74 Å². The molecule has 0 bridgehead atoms. The van der Waals surface area contributed by atoms with Crippen molar-refractivity contribution in [1.82, 2.24) is 25.2 Å². The van der Waals surface area contributed by atoms with Crippen LogP contribution in [0.1, 0.15) is 26.5 Å². The Morgan fingerprint density at radius 1 is 1.31 bits per heavy atom. The minimum atomic E-state index is -0.754. The average Bonchev–Trinajstić information content (AvgIpc) is 3.11. The van der Waals surface area contributed by atoms with Gasteiger partial charge in [0, 0.05) is 19.7 Å². The van der Waals surface area contributed by atoms with Gasteiger partial charge in [0.15, 0.2) is 18.1 Å². The van der Waals surface area contributed by atoms with Gasteiger partial charge in [0.2, 0.25) is 0 Å². The second kappa shape index (κ2) is 7.19. The Hall–Kier alpha value is -4.02.